The minimum Gasteiger partial charge on any atom is -0.379 e. The average molecular weight is 318 g/mol. The summed E-state index contributed by atoms with van der Waals surface area (Å²) in [6.07, 6.45) is -4.32. The fraction of sp³-hybridized carbons (Fsp3) is 0.357. The van der Waals surface area contributed by atoms with Gasteiger partial charge in [0.15, 0.2) is 0 Å². The van der Waals surface area contributed by atoms with Crippen molar-refractivity contribution in [3.05, 3.63) is 46.2 Å². The SMILES string of the molecule is CCn1nc(C)c(Cl)c1CNc1ccc(C(F)(F)F)cc1. The lowest BCUT2D eigenvalue weighted by atomic mass is 10.2. The summed E-state index contributed by atoms with van der Waals surface area (Å²) in [4.78, 5) is 0. The third-order valence-corrected chi connectivity index (χ3v) is 3.62. The third-order valence-electron chi connectivity index (χ3n) is 3.13. The number of rotatable bonds is 4. The number of aromatic nitrogens is 2. The molecular formula is C14H15ClF3N3. The molecule has 0 atom stereocenters. The molecule has 2 aromatic rings. The summed E-state index contributed by atoms with van der Waals surface area (Å²) < 4.78 is 39.2. The second-order valence-electron chi connectivity index (χ2n) is 4.59. The van der Waals surface area contributed by atoms with E-state index in [0.717, 1.165) is 23.5 Å². The Balaban J connectivity index is 2.10. The molecule has 3 nitrogen and oxygen atoms in total. The standard InChI is InChI=1S/C14H15ClF3N3/c1-3-21-12(13(15)9(2)20-21)8-19-11-6-4-10(5-7-11)14(16,17)18/h4-7,19H,3,8H2,1-2H3. The van der Waals surface area contributed by atoms with Gasteiger partial charge in [0.25, 0.3) is 0 Å². The Bertz CT molecular complexity index is 618. The van der Waals surface area contributed by atoms with Gasteiger partial charge in [0.1, 0.15) is 0 Å². The molecule has 1 aromatic carbocycles. The smallest absolute Gasteiger partial charge is 0.379 e. The summed E-state index contributed by atoms with van der Waals surface area (Å²) in [5, 5.41) is 7.92. The summed E-state index contributed by atoms with van der Waals surface area (Å²) >= 11 is 6.17. The van der Waals surface area contributed by atoms with E-state index in [9.17, 15) is 13.2 Å². The molecule has 1 aromatic heterocycles. The Morgan fingerprint density at radius 2 is 1.86 bits per heavy atom. The fourth-order valence-electron chi connectivity index (χ4n) is 2.00. The van der Waals surface area contributed by atoms with Crippen LogP contribution in [-0.4, -0.2) is 9.78 Å². The zero-order valence-corrected chi connectivity index (χ0v) is 12.4. The predicted octanol–water partition coefficient (Wildman–Crippen LogP) is 4.50. The van der Waals surface area contributed by atoms with E-state index in [1.54, 1.807) is 4.68 Å². The van der Waals surface area contributed by atoms with E-state index in [2.05, 4.69) is 10.4 Å². The second-order valence-corrected chi connectivity index (χ2v) is 4.97. The van der Waals surface area contributed by atoms with Gasteiger partial charge in [-0.2, -0.15) is 18.3 Å². The number of anilines is 1. The minimum absolute atomic E-state index is 0.402. The van der Waals surface area contributed by atoms with Crippen LogP contribution >= 0.6 is 11.6 Å². The van der Waals surface area contributed by atoms with Gasteiger partial charge in [0.2, 0.25) is 0 Å². The molecule has 0 aliphatic carbocycles. The molecule has 0 bridgehead atoms. The zero-order valence-electron chi connectivity index (χ0n) is 11.6. The van der Waals surface area contributed by atoms with E-state index in [0.29, 0.717) is 23.8 Å². The quantitative estimate of drug-likeness (QED) is 0.900. The molecule has 21 heavy (non-hydrogen) atoms. The molecule has 0 amide bonds. The molecule has 114 valence electrons. The van der Waals surface area contributed by atoms with Crippen LogP contribution in [0.4, 0.5) is 18.9 Å². The number of nitrogens with zero attached hydrogens (tertiary/aromatic N) is 2. The van der Waals surface area contributed by atoms with Crippen LogP contribution in [0.25, 0.3) is 0 Å². The van der Waals surface area contributed by atoms with E-state index in [1.165, 1.54) is 12.1 Å². The maximum Gasteiger partial charge on any atom is 0.416 e. The first-order chi connectivity index (χ1) is 9.82. The molecule has 1 heterocycles. The highest BCUT2D eigenvalue weighted by Crippen LogP contribution is 2.30. The maximum atomic E-state index is 12.5. The van der Waals surface area contributed by atoms with Gasteiger partial charge in [-0.1, -0.05) is 11.6 Å². The van der Waals surface area contributed by atoms with Crippen molar-refractivity contribution in [2.45, 2.75) is 33.1 Å². The van der Waals surface area contributed by atoms with Crippen LogP contribution in [0.3, 0.4) is 0 Å². The van der Waals surface area contributed by atoms with E-state index in [1.807, 2.05) is 13.8 Å². The van der Waals surface area contributed by atoms with Crippen LogP contribution in [0.5, 0.6) is 0 Å². The highest BCUT2D eigenvalue weighted by Gasteiger charge is 2.29. The van der Waals surface area contributed by atoms with Crippen molar-refractivity contribution in [1.29, 1.82) is 0 Å². The number of benzene rings is 1. The number of alkyl halides is 3. The Kier molecular flexibility index (Phi) is 4.46. The Hall–Kier alpha value is -1.69. The van der Waals surface area contributed by atoms with Gasteiger partial charge >= 0.3 is 6.18 Å². The van der Waals surface area contributed by atoms with Crippen LogP contribution in [-0.2, 0) is 19.3 Å². The molecule has 0 fully saturated rings. The lowest BCUT2D eigenvalue weighted by molar-refractivity contribution is -0.137. The lowest BCUT2D eigenvalue weighted by Gasteiger charge is -2.10. The largest absolute Gasteiger partial charge is 0.416 e. The summed E-state index contributed by atoms with van der Waals surface area (Å²) in [5.74, 6) is 0. The van der Waals surface area contributed by atoms with Crippen LogP contribution in [0.1, 0.15) is 23.9 Å². The Labute approximate surface area is 125 Å². The molecule has 7 heteroatoms. The molecule has 1 N–H and O–H groups in total. The summed E-state index contributed by atoms with van der Waals surface area (Å²) in [7, 11) is 0. The lowest BCUT2D eigenvalue weighted by Crippen LogP contribution is -2.09. The highest BCUT2D eigenvalue weighted by atomic mass is 35.5. The van der Waals surface area contributed by atoms with Gasteiger partial charge in [0, 0.05) is 12.2 Å². The number of nitrogens with one attached hydrogen (secondary N) is 1. The molecular weight excluding hydrogens is 303 g/mol. The van der Waals surface area contributed by atoms with Crippen LogP contribution in [0.15, 0.2) is 24.3 Å². The zero-order chi connectivity index (χ0) is 15.6. The van der Waals surface area contributed by atoms with Crippen molar-refractivity contribution in [1.82, 2.24) is 9.78 Å². The molecule has 0 saturated heterocycles. The number of hydrogen-bond donors (Lipinski definition) is 1. The van der Waals surface area contributed by atoms with Crippen molar-refractivity contribution in [3.8, 4) is 0 Å². The molecule has 0 radical (unpaired) electrons. The first-order valence-electron chi connectivity index (χ1n) is 6.45. The molecule has 0 aliphatic heterocycles. The van der Waals surface area contributed by atoms with Crippen molar-refractivity contribution in [2.24, 2.45) is 0 Å². The van der Waals surface area contributed by atoms with Crippen LogP contribution < -0.4 is 5.32 Å². The predicted molar refractivity (Wildman–Crippen MR) is 76.4 cm³/mol. The normalized spacial score (nSPS) is 11.7. The Morgan fingerprint density at radius 1 is 1.24 bits per heavy atom. The van der Waals surface area contributed by atoms with Crippen molar-refractivity contribution < 1.29 is 13.2 Å². The van der Waals surface area contributed by atoms with Crippen molar-refractivity contribution in [2.75, 3.05) is 5.32 Å². The average Bonchev–Trinajstić information content (AvgIpc) is 2.71. The van der Waals surface area contributed by atoms with Gasteiger partial charge in [-0.15, -0.1) is 0 Å². The van der Waals surface area contributed by atoms with E-state index < -0.39 is 11.7 Å². The van der Waals surface area contributed by atoms with Crippen molar-refractivity contribution >= 4 is 17.3 Å². The van der Waals surface area contributed by atoms with Crippen LogP contribution in [0.2, 0.25) is 5.02 Å². The molecule has 0 spiro atoms. The fourth-order valence-corrected chi connectivity index (χ4v) is 2.20. The van der Waals surface area contributed by atoms with Gasteiger partial charge < -0.3 is 5.32 Å². The molecule has 0 saturated carbocycles. The van der Waals surface area contributed by atoms with Crippen LogP contribution in [0, 0.1) is 6.92 Å². The maximum absolute atomic E-state index is 12.5. The number of halogens is 4. The van der Waals surface area contributed by atoms with Gasteiger partial charge in [0.05, 0.1) is 28.5 Å². The van der Waals surface area contributed by atoms with Gasteiger partial charge in [-0.05, 0) is 38.1 Å². The van der Waals surface area contributed by atoms with Gasteiger partial charge in [-0.3, -0.25) is 4.68 Å². The number of hydrogen-bond acceptors (Lipinski definition) is 2. The molecule has 0 aliphatic rings. The minimum atomic E-state index is -4.32. The Morgan fingerprint density at radius 3 is 2.38 bits per heavy atom. The van der Waals surface area contributed by atoms with Crippen molar-refractivity contribution in [3.63, 3.8) is 0 Å². The molecule has 2 rings (SSSR count). The van der Waals surface area contributed by atoms with E-state index in [4.69, 9.17) is 11.6 Å². The first kappa shape index (κ1) is 15.7. The van der Waals surface area contributed by atoms with E-state index in [-0.39, 0.29) is 0 Å². The monoisotopic (exact) mass is 317 g/mol. The van der Waals surface area contributed by atoms with Gasteiger partial charge in [-0.25, -0.2) is 0 Å². The number of aryl methyl sites for hydroxylation is 2. The second kappa shape index (κ2) is 5.97. The summed E-state index contributed by atoms with van der Waals surface area (Å²) in [5.41, 5.74) is 1.49. The summed E-state index contributed by atoms with van der Waals surface area (Å²) in [6.45, 7) is 4.84. The third kappa shape index (κ3) is 3.50. The topological polar surface area (TPSA) is 29.9 Å². The molecule has 0 unspecified atom stereocenters. The van der Waals surface area contributed by atoms with E-state index >= 15 is 0 Å². The summed E-state index contributed by atoms with van der Waals surface area (Å²) in [6, 6.07) is 4.89. The first-order valence-corrected chi connectivity index (χ1v) is 6.83. The highest BCUT2D eigenvalue weighted by molar-refractivity contribution is 6.31.